The van der Waals surface area contributed by atoms with Gasteiger partial charge in [0, 0.05) is 6.42 Å². The highest BCUT2D eigenvalue weighted by Crippen LogP contribution is 2.69. The summed E-state index contributed by atoms with van der Waals surface area (Å²) in [6, 6.07) is 4.79. The summed E-state index contributed by atoms with van der Waals surface area (Å²) in [7, 11) is 0. The van der Waals surface area contributed by atoms with Crippen LogP contribution in [0.2, 0.25) is 0 Å². The van der Waals surface area contributed by atoms with Gasteiger partial charge in [0.2, 0.25) is 0 Å². The number of fused-ring (bicyclic) bond motifs is 3. The Morgan fingerprint density at radius 1 is 1.21 bits per heavy atom. The fraction of sp³-hybridized carbons (Fsp3) is 0.765. The van der Waals surface area contributed by atoms with Gasteiger partial charge in [0.1, 0.15) is 0 Å². The van der Waals surface area contributed by atoms with Crippen LogP contribution < -0.4 is 0 Å². The Morgan fingerprint density at radius 2 is 2.00 bits per heavy atom. The first-order valence-corrected chi connectivity index (χ1v) is 7.56. The number of rotatable bonds is 2. The molecular formula is C17H22N2. The van der Waals surface area contributed by atoms with E-state index in [1.165, 1.54) is 12.8 Å². The molecule has 0 heterocycles. The average molecular weight is 254 g/mol. The van der Waals surface area contributed by atoms with Crippen molar-refractivity contribution in [2.75, 3.05) is 0 Å². The van der Waals surface area contributed by atoms with Gasteiger partial charge < -0.3 is 0 Å². The number of nitriles is 2. The van der Waals surface area contributed by atoms with Crippen molar-refractivity contribution in [1.82, 2.24) is 0 Å². The molecule has 0 saturated heterocycles. The van der Waals surface area contributed by atoms with Gasteiger partial charge in [-0.05, 0) is 54.3 Å². The number of hydrogen-bond donors (Lipinski definition) is 0. The third-order valence-electron chi connectivity index (χ3n) is 6.10. The zero-order chi connectivity index (χ0) is 13.6. The molecule has 0 aromatic rings. The van der Waals surface area contributed by atoms with Crippen LogP contribution in [0, 0.1) is 63.6 Å². The maximum atomic E-state index is 9.56. The van der Waals surface area contributed by atoms with Crippen LogP contribution in [0.15, 0.2) is 12.2 Å². The van der Waals surface area contributed by atoms with E-state index in [2.05, 4.69) is 38.1 Å². The predicted octanol–water partition coefficient (Wildman–Crippen LogP) is 3.91. The lowest BCUT2D eigenvalue weighted by atomic mass is 9.64. The highest BCUT2D eigenvalue weighted by molar-refractivity contribution is 5.21. The second-order valence-electron chi connectivity index (χ2n) is 7.17. The van der Waals surface area contributed by atoms with E-state index in [1.54, 1.807) is 0 Å². The predicted molar refractivity (Wildman–Crippen MR) is 73.6 cm³/mol. The lowest BCUT2D eigenvalue weighted by Gasteiger charge is -2.39. The molecule has 6 atom stereocenters. The summed E-state index contributed by atoms with van der Waals surface area (Å²) < 4.78 is 0. The summed E-state index contributed by atoms with van der Waals surface area (Å²) in [6.45, 7) is 4.78. The van der Waals surface area contributed by atoms with Crippen molar-refractivity contribution in [2.24, 2.45) is 40.9 Å². The monoisotopic (exact) mass is 254 g/mol. The number of allylic oxidation sites excluding steroid dienone is 2. The van der Waals surface area contributed by atoms with E-state index in [9.17, 15) is 5.26 Å². The quantitative estimate of drug-likeness (QED) is 0.701. The first-order valence-electron chi connectivity index (χ1n) is 7.56. The fourth-order valence-electron chi connectivity index (χ4n) is 5.02. The Labute approximate surface area is 116 Å². The second-order valence-corrected chi connectivity index (χ2v) is 7.17. The minimum Gasteiger partial charge on any atom is -0.198 e. The Morgan fingerprint density at radius 3 is 2.68 bits per heavy atom. The first-order chi connectivity index (χ1) is 9.11. The van der Waals surface area contributed by atoms with Gasteiger partial charge >= 0.3 is 0 Å². The van der Waals surface area contributed by atoms with Gasteiger partial charge in [-0.2, -0.15) is 10.5 Å². The Kier molecular flexibility index (Phi) is 2.94. The van der Waals surface area contributed by atoms with Crippen molar-refractivity contribution in [1.29, 1.82) is 10.5 Å². The lowest BCUT2D eigenvalue weighted by Crippen LogP contribution is -2.34. The number of nitrogens with zero attached hydrogens (tertiary/aromatic N) is 2. The first kappa shape index (κ1) is 12.7. The van der Waals surface area contributed by atoms with Crippen molar-refractivity contribution in [2.45, 2.75) is 39.5 Å². The minimum absolute atomic E-state index is 0.140. The van der Waals surface area contributed by atoms with Gasteiger partial charge in [0.05, 0.1) is 18.1 Å². The van der Waals surface area contributed by atoms with Gasteiger partial charge in [-0.3, -0.25) is 0 Å². The molecular weight excluding hydrogens is 232 g/mol. The smallest absolute Gasteiger partial charge is 0.0665 e. The molecule has 0 aromatic heterocycles. The van der Waals surface area contributed by atoms with Gasteiger partial charge in [-0.25, -0.2) is 0 Å². The van der Waals surface area contributed by atoms with Crippen LogP contribution in [-0.2, 0) is 0 Å². The Balaban J connectivity index is 1.82. The van der Waals surface area contributed by atoms with Crippen LogP contribution in [0.25, 0.3) is 0 Å². The summed E-state index contributed by atoms with van der Waals surface area (Å²) in [5.41, 5.74) is 0.489. The normalized spacial score (nSPS) is 45.5. The standard InChI is InChI=1S/C17H22N2/c1-17(2)15-8-7-12-13(16(15)17)6-5-11(4-3-9-18)14(12)10-19/h5-6,11-16H,3-4,7-8H2,1-2H3. The molecule has 2 fully saturated rings. The SMILES string of the molecule is CC1(C)C2CCC3C(C#N)C(CCC#N)C=CC3C21. The molecule has 0 amide bonds. The molecule has 0 spiro atoms. The van der Waals surface area contributed by atoms with Crippen molar-refractivity contribution in [3.05, 3.63) is 12.2 Å². The molecule has 0 N–H and O–H groups in total. The maximum Gasteiger partial charge on any atom is 0.0665 e. The molecule has 2 nitrogen and oxygen atoms in total. The third kappa shape index (κ3) is 1.81. The van der Waals surface area contributed by atoms with E-state index >= 15 is 0 Å². The molecule has 3 rings (SSSR count). The van der Waals surface area contributed by atoms with E-state index in [1.807, 2.05) is 0 Å². The molecule has 3 aliphatic rings. The molecule has 19 heavy (non-hydrogen) atoms. The van der Waals surface area contributed by atoms with Crippen LogP contribution in [0.5, 0.6) is 0 Å². The minimum atomic E-state index is 0.140. The lowest BCUT2D eigenvalue weighted by molar-refractivity contribution is 0.165. The van der Waals surface area contributed by atoms with Gasteiger partial charge in [0.15, 0.2) is 0 Å². The zero-order valence-corrected chi connectivity index (χ0v) is 11.8. The van der Waals surface area contributed by atoms with Crippen molar-refractivity contribution < 1.29 is 0 Å². The molecule has 6 unspecified atom stereocenters. The molecule has 2 heteroatoms. The molecule has 0 aliphatic heterocycles. The molecule has 0 bridgehead atoms. The third-order valence-corrected chi connectivity index (χ3v) is 6.10. The molecule has 0 aromatic carbocycles. The van der Waals surface area contributed by atoms with Crippen LogP contribution in [-0.4, -0.2) is 0 Å². The van der Waals surface area contributed by atoms with E-state index in [0.29, 0.717) is 29.6 Å². The van der Waals surface area contributed by atoms with E-state index < -0.39 is 0 Å². The van der Waals surface area contributed by atoms with Crippen LogP contribution in [0.1, 0.15) is 39.5 Å². The van der Waals surface area contributed by atoms with Crippen molar-refractivity contribution in [3.63, 3.8) is 0 Å². The highest BCUT2D eigenvalue weighted by Gasteiger charge is 2.64. The summed E-state index contributed by atoms with van der Waals surface area (Å²) >= 11 is 0. The average Bonchev–Trinajstić information content (AvgIpc) is 2.98. The number of hydrogen-bond acceptors (Lipinski definition) is 2. The topological polar surface area (TPSA) is 47.6 Å². The summed E-state index contributed by atoms with van der Waals surface area (Å²) in [5.74, 6) is 3.30. The zero-order valence-electron chi connectivity index (χ0n) is 11.8. The van der Waals surface area contributed by atoms with E-state index in [0.717, 1.165) is 18.3 Å². The fourth-order valence-corrected chi connectivity index (χ4v) is 5.02. The van der Waals surface area contributed by atoms with E-state index in [-0.39, 0.29) is 5.92 Å². The molecule has 2 saturated carbocycles. The maximum absolute atomic E-state index is 9.56. The molecule has 3 aliphatic carbocycles. The van der Waals surface area contributed by atoms with Gasteiger partial charge in [-0.1, -0.05) is 26.0 Å². The van der Waals surface area contributed by atoms with Crippen LogP contribution in [0.3, 0.4) is 0 Å². The Bertz CT molecular complexity index is 476. The van der Waals surface area contributed by atoms with E-state index in [4.69, 9.17) is 5.26 Å². The largest absolute Gasteiger partial charge is 0.198 e. The van der Waals surface area contributed by atoms with Crippen LogP contribution >= 0.6 is 0 Å². The summed E-state index contributed by atoms with van der Waals surface area (Å²) in [5, 5.41) is 18.3. The second kappa shape index (κ2) is 4.38. The molecule has 100 valence electrons. The summed E-state index contributed by atoms with van der Waals surface area (Å²) in [4.78, 5) is 0. The van der Waals surface area contributed by atoms with Gasteiger partial charge in [-0.15, -0.1) is 0 Å². The Hall–Kier alpha value is -1.28. The van der Waals surface area contributed by atoms with Crippen molar-refractivity contribution >= 4 is 0 Å². The molecule has 0 radical (unpaired) electrons. The summed E-state index contributed by atoms with van der Waals surface area (Å²) in [6.07, 6.45) is 8.58. The highest BCUT2D eigenvalue weighted by atomic mass is 14.7. The van der Waals surface area contributed by atoms with Crippen molar-refractivity contribution in [3.8, 4) is 12.1 Å². The van der Waals surface area contributed by atoms with Crippen LogP contribution in [0.4, 0.5) is 0 Å². The van der Waals surface area contributed by atoms with Gasteiger partial charge in [0.25, 0.3) is 0 Å².